The first-order valence-electron chi connectivity index (χ1n) is 10.2. The van der Waals surface area contributed by atoms with E-state index in [1.54, 1.807) is 48.4 Å². The Morgan fingerprint density at radius 1 is 1.03 bits per heavy atom. The molecule has 2 aromatic rings. The first-order chi connectivity index (χ1) is 14.9. The van der Waals surface area contributed by atoms with E-state index >= 15 is 0 Å². The zero-order valence-electron chi connectivity index (χ0n) is 17.3. The molecule has 1 atom stereocenters. The molecule has 2 amide bonds. The minimum absolute atomic E-state index is 0.114. The summed E-state index contributed by atoms with van der Waals surface area (Å²) in [6.45, 7) is 1.38. The molecule has 2 aliphatic heterocycles. The average Bonchev–Trinajstić information content (AvgIpc) is 3.45. The van der Waals surface area contributed by atoms with Gasteiger partial charge >= 0.3 is 0 Å². The van der Waals surface area contributed by atoms with Gasteiger partial charge in [-0.05, 0) is 61.4 Å². The molecule has 31 heavy (non-hydrogen) atoms. The van der Waals surface area contributed by atoms with E-state index in [1.165, 1.54) is 16.4 Å². The molecule has 2 heterocycles. The molecule has 0 aromatic heterocycles. The van der Waals surface area contributed by atoms with Gasteiger partial charge in [-0.25, -0.2) is 8.42 Å². The van der Waals surface area contributed by atoms with E-state index in [0.717, 1.165) is 18.5 Å². The molecular weight excluding hydrogens is 418 g/mol. The van der Waals surface area contributed by atoms with E-state index in [2.05, 4.69) is 5.32 Å². The molecule has 164 valence electrons. The number of nitrogens with one attached hydrogen (secondary N) is 1. The second kappa shape index (κ2) is 8.68. The third-order valence-electron chi connectivity index (χ3n) is 5.70. The summed E-state index contributed by atoms with van der Waals surface area (Å²) in [4.78, 5) is 26.9. The molecule has 2 saturated heterocycles. The van der Waals surface area contributed by atoms with Gasteiger partial charge in [0, 0.05) is 37.4 Å². The molecule has 2 aliphatic rings. The Balaban J connectivity index is 1.39. The minimum atomic E-state index is -3.49. The zero-order valence-corrected chi connectivity index (χ0v) is 18.1. The fourth-order valence-corrected chi connectivity index (χ4v) is 5.44. The summed E-state index contributed by atoms with van der Waals surface area (Å²) in [5, 5.41) is 2.80. The van der Waals surface area contributed by atoms with Crippen LogP contribution in [0.5, 0.6) is 5.75 Å². The van der Waals surface area contributed by atoms with Crippen LogP contribution >= 0.6 is 0 Å². The maximum absolute atomic E-state index is 12.7. The third kappa shape index (κ3) is 4.42. The number of hydrogen-bond donors (Lipinski definition) is 1. The summed E-state index contributed by atoms with van der Waals surface area (Å²) in [5.41, 5.74) is 1.22. The van der Waals surface area contributed by atoms with E-state index in [0.29, 0.717) is 31.1 Å². The van der Waals surface area contributed by atoms with Crippen LogP contribution in [0.25, 0.3) is 0 Å². The highest BCUT2D eigenvalue weighted by atomic mass is 32.2. The number of hydrogen-bond acceptors (Lipinski definition) is 5. The van der Waals surface area contributed by atoms with Crippen molar-refractivity contribution in [2.45, 2.75) is 24.2 Å². The second-order valence-electron chi connectivity index (χ2n) is 7.73. The highest BCUT2D eigenvalue weighted by Crippen LogP contribution is 2.28. The average molecular weight is 444 g/mol. The van der Waals surface area contributed by atoms with Gasteiger partial charge in [0.05, 0.1) is 17.9 Å². The molecule has 0 bridgehead atoms. The van der Waals surface area contributed by atoms with E-state index in [-0.39, 0.29) is 23.1 Å². The number of carbonyl (C=O) groups is 2. The number of carbonyl (C=O) groups excluding carboxylic acids is 2. The molecule has 0 radical (unpaired) electrons. The number of methoxy groups -OCH3 is 1. The van der Waals surface area contributed by atoms with Crippen molar-refractivity contribution in [3.63, 3.8) is 0 Å². The normalized spacial score (nSPS) is 19.6. The van der Waals surface area contributed by atoms with Crippen LogP contribution in [0.2, 0.25) is 0 Å². The van der Waals surface area contributed by atoms with Crippen molar-refractivity contribution in [3.8, 4) is 5.75 Å². The topological polar surface area (TPSA) is 96.0 Å². The number of benzene rings is 2. The van der Waals surface area contributed by atoms with Crippen molar-refractivity contribution < 1.29 is 22.7 Å². The Morgan fingerprint density at radius 2 is 1.68 bits per heavy atom. The molecule has 9 heteroatoms. The van der Waals surface area contributed by atoms with Crippen molar-refractivity contribution in [3.05, 3.63) is 48.5 Å². The predicted molar refractivity (Wildman–Crippen MR) is 117 cm³/mol. The summed E-state index contributed by atoms with van der Waals surface area (Å²) in [6.07, 6.45) is 1.88. The summed E-state index contributed by atoms with van der Waals surface area (Å²) in [5.74, 6) is -0.167. The molecule has 0 unspecified atom stereocenters. The Morgan fingerprint density at radius 3 is 2.29 bits per heavy atom. The molecule has 0 saturated carbocycles. The van der Waals surface area contributed by atoms with Crippen molar-refractivity contribution in [2.75, 3.05) is 37.0 Å². The summed E-state index contributed by atoms with van der Waals surface area (Å²) < 4.78 is 31.8. The molecule has 0 aliphatic carbocycles. The van der Waals surface area contributed by atoms with Gasteiger partial charge in [0.2, 0.25) is 21.8 Å². The molecule has 0 spiro atoms. The smallest absolute Gasteiger partial charge is 0.243 e. The highest BCUT2D eigenvalue weighted by Gasteiger charge is 2.35. The van der Waals surface area contributed by atoms with Crippen LogP contribution in [0.4, 0.5) is 11.4 Å². The van der Waals surface area contributed by atoms with Crippen LogP contribution in [-0.2, 0) is 19.6 Å². The lowest BCUT2D eigenvalue weighted by Crippen LogP contribution is -2.28. The van der Waals surface area contributed by atoms with Gasteiger partial charge in [-0.3, -0.25) is 9.59 Å². The first-order valence-corrected chi connectivity index (χ1v) is 11.7. The van der Waals surface area contributed by atoms with Gasteiger partial charge in [-0.1, -0.05) is 0 Å². The van der Waals surface area contributed by atoms with E-state index < -0.39 is 15.9 Å². The Bertz CT molecular complexity index is 1060. The Kier molecular flexibility index (Phi) is 5.97. The number of amides is 2. The van der Waals surface area contributed by atoms with Crippen molar-refractivity contribution >= 4 is 33.2 Å². The van der Waals surface area contributed by atoms with Gasteiger partial charge in [-0.2, -0.15) is 4.31 Å². The highest BCUT2D eigenvalue weighted by molar-refractivity contribution is 7.89. The lowest BCUT2D eigenvalue weighted by molar-refractivity contribution is -0.122. The van der Waals surface area contributed by atoms with Crippen LogP contribution in [0.15, 0.2) is 53.4 Å². The van der Waals surface area contributed by atoms with Gasteiger partial charge in [0.25, 0.3) is 0 Å². The standard InChI is InChI=1S/C22H25N3O5S/c1-30-19-8-6-18(7-9-19)25-15-16(14-21(25)26)22(27)23-17-4-10-20(11-5-17)31(28,29)24-12-2-3-13-24/h4-11,16H,2-3,12-15H2,1H3,(H,23,27)/t16-/m0/s1. The number of rotatable bonds is 6. The zero-order chi connectivity index (χ0) is 22.0. The van der Waals surface area contributed by atoms with E-state index in [4.69, 9.17) is 4.74 Å². The van der Waals surface area contributed by atoms with Crippen molar-refractivity contribution in [1.82, 2.24) is 4.31 Å². The van der Waals surface area contributed by atoms with Crippen LogP contribution < -0.4 is 15.0 Å². The fraction of sp³-hybridized carbons (Fsp3) is 0.364. The molecule has 1 N–H and O–H groups in total. The number of nitrogens with zero attached hydrogens (tertiary/aromatic N) is 2. The van der Waals surface area contributed by atoms with Gasteiger partial charge in [0.15, 0.2) is 0 Å². The van der Waals surface area contributed by atoms with Crippen molar-refractivity contribution in [2.24, 2.45) is 5.92 Å². The number of anilines is 2. The monoisotopic (exact) mass is 443 g/mol. The maximum Gasteiger partial charge on any atom is 0.243 e. The molecule has 2 fully saturated rings. The van der Waals surface area contributed by atoms with Crippen LogP contribution in [-0.4, -0.2) is 51.3 Å². The number of ether oxygens (including phenoxy) is 1. The molecule has 2 aromatic carbocycles. The lowest BCUT2D eigenvalue weighted by atomic mass is 10.1. The number of sulfonamides is 1. The van der Waals surface area contributed by atoms with Crippen molar-refractivity contribution in [1.29, 1.82) is 0 Å². The quantitative estimate of drug-likeness (QED) is 0.740. The SMILES string of the molecule is COc1ccc(N2C[C@@H](C(=O)Nc3ccc(S(=O)(=O)N4CCCC4)cc3)CC2=O)cc1. The predicted octanol–water partition coefficient (Wildman–Crippen LogP) is 2.47. The first kappa shape index (κ1) is 21.3. The fourth-order valence-electron chi connectivity index (χ4n) is 3.93. The Labute approximate surface area is 181 Å². The maximum atomic E-state index is 12.7. The molecule has 8 nitrogen and oxygen atoms in total. The molecular formula is C22H25N3O5S. The lowest BCUT2D eigenvalue weighted by Gasteiger charge is -2.17. The summed E-state index contributed by atoms with van der Waals surface area (Å²) >= 11 is 0. The summed E-state index contributed by atoms with van der Waals surface area (Å²) in [6, 6.07) is 13.3. The largest absolute Gasteiger partial charge is 0.497 e. The van der Waals surface area contributed by atoms with E-state index in [9.17, 15) is 18.0 Å². The Hall–Kier alpha value is -2.91. The molecule has 4 rings (SSSR count). The van der Waals surface area contributed by atoms with Crippen LogP contribution in [0.1, 0.15) is 19.3 Å². The van der Waals surface area contributed by atoms with Crippen LogP contribution in [0.3, 0.4) is 0 Å². The van der Waals surface area contributed by atoms with Crippen LogP contribution in [0, 0.1) is 5.92 Å². The van der Waals surface area contributed by atoms with E-state index in [1.807, 2.05) is 0 Å². The third-order valence-corrected chi connectivity index (χ3v) is 7.62. The minimum Gasteiger partial charge on any atom is -0.497 e. The van der Waals surface area contributed by atoms with Gasteiger partial charge in [0.1, 0.15) is 5.75 Å². The van der Waals surface area contributed by atoms with Gasteiger partial charge in [-0.15, -0.1) is 0 Å². The summed E-state index contributed by atoms with van der Waals surface area (Å²) in [7, 11) is -1.92. The second-order valence-corrected chi connectivity index (χ2v) is 9.67. The van der Waals surface area contributed by atoms with Gasteiger partial charge < -0.3 is 15.0 Å².